The van der Waals surface area contributed by atoms with Crippen LogP contribution in [-0.2, 0) is 14.3 Å². The van der Waals surface area contributed by atoms with Crippen LogP contribution in [0.25, 0.3) is 0 Å². The highest BCUT2D eigenvalue weighted by molar-refractivity contribution is 5.88. The Morgan fingerprint density at radius 3 is 3.17 bits per heavy atom. The van der Waals surface area contributed by atoms with Crippen LogP contribution in [0.4, 0.5) is 0 Å². The lowest BCUT2D eigenvalue weighted by Crippen LogP contribution is -1.98. The van der Waals surface area contributed by atoms with E-state index in [-0.39, 0.29) is 0 Å². The minimum absolute atomic E-state index is 0.464. The summed E-state index contributed by atoms with van der Waals surface area (Å²) in [5, 5.41) is 0. The van der Waals surface area contributed by atoms with Gasteiger partial charge in [-0.05, 0) is 12.3 Å². The molecule has 1 aliphatic heterocycles. The third kappa shape index (κ3) is 2.93. The van der Waals surface area contributed by atoms with Crippen molar-refractivity contribution in [2.45, 2.75) is 12.8 Å². The molecule has 1 aliphatic rings. The summed E-state index contributed by atoms with van der Waals surface area (Å²) in [7, 11) is 1.33. The molecule has 3 nitrogen and oxygen atoms in total. The Bertz CT molecular complexity index is 206. The Kier molecular flexibility index (Phi) is 3.62. The smallest absolute Gasteiger partial charge is 0.384 e. The standard InChI is InChI=1S/C9H12O3/c1-11-9(10)4-2-3-8-5-6-12-7-8/h8H,3,5-7H2,1H3. The SMILES string of the molecule is COC(=O)C#CCC1CCOC1. The summed E-state index contributed by atoms with van der Waals surface area (Å²) in [5.41, 5.74) is 0. The van der Waals surface area contributed by atoms with Crippen molar-refractivity contribution >= 4 is 5.97 Å². The summed E-state index contributed by atoms with van der Waals surface area (Å²) in [6, 6.07) is 0. The van der Waals surface area contributed by atoms with E-state index < -0.39 is 5.97 Å². The molecular weight excluding hydrogens is 156 g/mol. The van der Waals surface area contributed by atoms with Gasteiger partial charge in [0.05, 0.1) is 13.7 Å². The number of carbonyl (C=O) groups excluding carboxylic acids is 1. The monoisotopic (exact) mass is 168 g/mol. The Labute approximate surface area is 72.0 Å². The zero-order valence-corrected chi connectivity index (χ0v) is 7.13. The van der Waals surface area contributed by atoms with Gasteiger partial charge in [0.1, 0.15) is 0 Å². The maximum Gasteiger partial charge on any atom is 0.384 e. The van der Waals surface area contributed by atoms with E-state index in [9.17, 15) is 4.79 Å². The van der Waals surface area contributed by atoms with E-state index in [0.717, 1.165) is 26.1 Å². The molecule has 1 atom stereocenters. The fraction of sp³-hybridized carbons (Fsp3) is 0.667. The summed E-state index contributed by atoms with van der Waals surface area (Å²) in [4.78, 5) is 10.6. The van der Waals surface area contributed by atoms with E-state index in [0.29, 0.717) is 5.92 Å². The molecule has 3 heteroatoms. The van der Waals surface area contributed by atoms with Gasteiger partial charge in [-0.2, -0.15) is 0 Å². The predicted molar refractivity (Wildman–Crippen MR) is 43.3 cm³/mol. The summed E-state index contributed by atoms with van der Waals surface area (Å²) in [6.07, 6.45) is 1.78. The van der Waals surface area contributed by atoms with Gasteiger partial charge in [-0.25, -0.2) is 4.79 Å². The quantitative estimate of drug-likeness (QED) is 0.326. The maximum absolute atomic E-state index is 10.6. The molecule has 0 aliphatic carbocycles. The number of hydrogen-bond donors (Lipinski definition) is 0. The number of hydrogen-bond acceptors (Lipinski definition) is 3. The van der Waals surface area contributed by atoms with Gasteiger partial charge in [0.2, 0.25) is 0 Å². The lowest BCUT2D eigenvalue weighted by Gasteiger charge is -1.97. The van der Waals surface area contributed by atoms with Gasteiger partial charge in [0.15, 0.2) is 0 Å². The van der Waals surface area contributed by atoms with Gasteiger partial charge >= 0.3 is 5.97 Å². The lowest BCUT2D eigenvalue weighted by atomic mass is 10.1. The van der Waals surface area contributed by atoms with Crippen LogP contribution < -0.4 is 0 Å². The predicted octanol–water partition coefficient (Wildman–Crippen LogP) is 0.589. The zero-order valence-electron chi connectivity index (χ0n) is 7.13. The van der Waals surface area contributed by atoms with Crippen LogP contribution in [0.3, 0.4) is 0 Å². The van der Waals surface area contributed by atoms with Gasteiger partial charge < -0.3 is 9.47 Å². The van der Waals surface area contributed by atoms with Crippen LogP contribution in [0.2, 0.25) is 0 Å². The second-order valence-corrected chi connectivity index (χ2v) is 2.73. The molecule has 1 fully saturated rings. The molecule has 0 aromatic heterocycles. The first kappa shape index (κ1) is 9.08. The molecule has 0 aromatic carbocycles. The largest absolute Gasteiger partial charge is 0.459 e. The summed E-state index contributed by atoms with van der Waals surface area (Å²) < 4.78 is 9.53. The second kappa shape index (κ2) is 4.78. The topological polar surface area (TPSA) is 35.5 Å². The van der Waals surface area contributed by atoms with Crippen molar-refractivity contribution < 1.29 is 14.3 Å². The number of carbonyl (C=O) groups is 1. The molecule has 0 amide bonds. The molecule has 1 unspecified atom stereocenters. The molecule has 0 radical (unpaired) electrons. The van der Waals surface area contributed by atoms with E-state index in [1.54, 1.807) is 0 Å². The Morgan fingerprint density at radius 1 is 1.75 bits per heavy atom. The van der Waals surface area contributed by atoms with Crippen LogP contribution >= 0.6 is 0 Å². The van der Waals surface area contributed by atoms with Crippen molar-refractivity contribution in [2.75, 3.05) is 20.3 Å². The van der Waals surface area contributed by atoms with Crippen LogP contribution in [0.5, 0.6) is 0 Å². The van der Waals surface area contributed by atoms with E-state index in [4.69, 9.17) is 4.74 Å². The van der Waals surface area contributed by atoms with E-state index in [2.05, 4.69) is 16.6 Å². The third-order valence-corrected chi connectivity index (χ3v) is 1.79. The molecule has 66 valence electrons. The van der Waals surface area contributed by atoms with E-state index >= 15 is 0 Å². The first-order chi connectivity index (χ1) is 5.83. The third-order valence-electron chi connectivity index (χ3n) is 1.79. The fourth-order valence-electron chi connectivity index (χ4n) is 1.06. The van der Waals surface area contributed by atoms with Gasteiger partial charge in [0, 0.05) is 18.9 Å². The zero-order chi connectivity index (χ0) is 8.81. The molecule has 0 N–H and O–H groups in total. The molecule has 0 saturated carbocycles. The molecule has 0 aromatic rings. The molecule has 1 saturated heterocycles. The molecule has 0 bridgehead atoms. The molecule has 12 heavy (non-hydrogen) atoms. The summed E-state index contributed by atoms with van der Waals surface area (Å²) in [5.74, 6) is 5.20. The summed E-state index contributed by atoms with van der Waals surface area (Å²) in [6.45, 7) is 1.60. The minimum atomic E-state index is -0.464. The van der Waals surface area contributed by atoms with Gasteiger partial charge in [-0.15, -0.1) is 0 Å². The Hall–Kier alpha value is -1.01. The Morgan fingerprint density at radius 2 is 2.58 bits per heavy atom. The van der Waals surface area contributed by atoms with Crippen LogP contribution in [0.1, 0.15) is 12.8 Å². The summed E-state index contributed by atoms with van der Waals surface area (Å²) >= 11 is 0. The number of rotatable bonds is 1. The molecular formula is C9H12O3. The first-order valence-corrected chi connectivity index (χ1v) is 3.97. The highest BCUT2D eigenvalue weighted by atomic mass is 16.5. The highest BCUT2D eigenvalue weighted by Crippen LogP contribution is 2.14. The van der Waals surface area contributed by atoms with Crippen molar-refractivity contribution in [3.05, 3.63) is 0 Å². The van der Waals surface area contributed by atoms with Crippen LogP contribution in [0, 0.1) is 17.8 Å². The molecule has 1 rings (SSSR count). The fourth-order valence-corrected chi connectivity index (χ4v) is 1.06. The highest BCUT2D eigenvalue weighted by Gasteiger charge is 2.13. The molecule has 0 spiro atoms. The normalized spacial score (nSPS) is 21.2. The lowest BCUT2D eigenvalue weighted by molar-refractivity contribution is -0.133. The number of esters is 1. The van der Waals surface area contributed by atoms with E-state index in [1.807, 2.05) is 0 Å². The van der Waals surface area contributed by atoms with E-state index in [1.165, 1.54) is 7.11 Å². The average molecular weight is 168 g/mol. The number of ether oxygens (including phenoxy) is 2. The Balaban J connectivity index is 2.21. The first-order valence-electron chi connectivity index (χ1n) is 3.97. The van der Waals surface area contributed by atoms with Gasteiger partial charge in [-0.3, -0.25) is 0 Å². The number of methoxy groups -OCH3 is 1. The van der Waals surface area contributed by atoms with Crippen molar-refractivity contribution in [1.29, 1.82) is 0 Å². The second-order valence-electron chi connectivity index (χ2n) is 2.73. The van der Waals surface area contributed by atoms with Gasteiger partial charge in [0.25, 0.3) is 0 Å². The van der Waals surface area contributed by atoms with Gasteiger partial charge in [-0.1, -0.05) is 5.92 Å². The van der Waals surface area contributed by atoms with Crippen LogP contribution in [-0.4, -0.2) is 26.3 Å². The van der Waals surface area contributed by atoms with Crippen LogP contribution in [0.15, 0.2) is 0 Å². The van der Waals surface area contributed by atoms with Crippen molar-refractivity contribution in [2.24, 2.45) is 5.92 Å². The maximum atomic E-state index is 10.6. The minimum Gasteiger partial charge on any atom is -0.459 e. The van der Waals surface area contributed by atoms with Crippen molar-refractivity contribution in [3.8, 4) is 11.8 Å². The van der Waals surface area contributed by atoms with Crippen molar-refractivity contribution in [1.82, 2.24) is 0 Å². The van der Waals surface area contributed by atoms with Crippen molar-refractivity contribution in [3.63, 3.8) is 0 Å². The average Bonchev–Trinajstić information content (AvgIpc) is 2.57. The molecule has 1 heterocycles.